The molecule has 0 spiro atoms. The second-order valence-corrected chi connectivity index (χ2v) is 12.3. The number of nitrogens with two attached hydrogens (primary N) is 1. The number of nitro groups is 1. The van der Waals surface area contributed by atoms with Crippen molar-refractivity contribution < 1.29 is 48.0 Å². The SMILES string of the molecule is CC(C)[C@H](NC(=O)CCCCCN1C(=O)C=CC1=O)C(=O)N[C@@H](CCCNC(N)=O)C(=O)NC(OC(=O)Oc1ccc([N+](=O)[O-])cc1)c1ccccc1. The number of nitro benzene ring substituents is 1. The quantitative estimate of drug-likeness (QED) is 0.0251. The first-order valence-electron chi connectivity index (χ1n) is 16.9. The number of carbonyl (C=O) groups is 7. The normalized spacial score (nSPS) is 13.8. The van der Waals surface area contributed by atoms with Gasteiger partial charge in [-0.25, -0.2) is 9.59 Å². The summed E-state index contributed by atoms with van der Waals surface area (Å²) in [5.41, 5.74) is 5.27. The lowest BCUT2D eigenvalue weighted by atomic mass is 10.0. The Morgan fingerprint density at radius 3 is 2.11 bits per heavy atom. The number of non-ortho nitro benzene ring substituents is 1. The van der Waals surface area contributed by atoms with Gasteiger partial charge in [0.2, 0.25) is 23.9 Å². The molecule has 0 aromatic heterocycles. The number of nitrogens with zero attached hydrogens (tertiary/aromatic N) is 2. The standard InChI is InChI=1S/C35H43N7O11/c1-22(2)30(39-27(43)13-7-4-8-21-41-28(44)18-19-29(41)45)32(47)38-26(12-9-20-37-34(36)48)31(46)40-33(23-10-5-3-6-11-23)53-35(49)52-25-16-14-24(15-17-25)42(50)51/h3,5-6,10-11,14-19,22,26,30,33H,4,7-9,12-13,20-21H2,1-2H3,(H,38,47)(H,39,43)(H,40,46)(H3,36,37,48)/t26-,30-,33?/m0/s1. The van der Waals surface area contributed by atoms with E-state index in [0.29, 0.717) is 24.8 Å². The van der Waals surface area contributed by atoms with Crippen molar-refractivity contribution in [1.29, 1.82) is 0 Å². The molecule has 1 heterocycles. The molecule has 2 aromatic rings. The molecule has 0 radical (unpaired) electrons. The van der Waals surface area contributed by atoms with Crippen molar-refractivity contribution in [2.45, 2.75) is 70.7 Å². The van der Waals surface area contributed by atoms with Gasteiger partial charge in [-0.1, -0.05) is 50.6 Å². The summed E-state index contributed by atoms with van der Waals surface area (Å²) in [5, 5.41) is 21.3. The van der Waals surface area contributed by atoms with Crippen LogP contribution >= 0.6 is 0 Å². The van der Waals surface area contributed by atoms with Gasteiger partial charge in [0.1, 0.15) is 17.8 Å². The largest absolute Gasteiger partial charge is 0.516 e. The fraction of sp³-hybridized carbons (Fsp3) is 0.400. The summed E-state index contributed by atoms with van der Waals surface area (Å²) >= 11 is 0. The predicted octanol–water partition coefficient (Wildman–Crippen LogP) is 2.48. The molecule has 3 atom stereocenters. The molecule has 6 N–H and O–H groups in total. The molecule has 0 saturated heterocycles. The number of primary amides is 1. The molecule has 7 amide bonds. The summed E-state index contributed by atoms with van der Waals surface area (Å²) in [5.74, 6) is -3.05. The highest BCUT2D eigenvalue weighted by atomic mass is 16.7. The Labute approximate surface area is 304 Å². The summed E-state index contributed by atoms with van der Waals surface area (Å²) in [6.45, 7) is 3.74. The summed E-state index contributed by atoms with van der Waals surface area (Å²) in [6.07, 6.45) is 1.54. The van der Waals surface area contributed by atoms with Crippen LogP contribution in [-0.2, 0) is 28.7 Å². The Hall–Kier alpha value is -6.33. The van der Waals surface area contributed by atoms with Gasteiger partial charge in [-0.3, -0.25) is 39.0 Å². The third-order valence-corrected chi connectivity index (χ3v) is 7.89. The Balaban J connectivity index is 1.66. The van der Waals surface area contributed by atoms with Crippen LogP contribution in [0, 0.1) is 16.0 Å². The van der Waals surface area contributed by atoms with Crippen LogP contribution < -0.4 is 31.7 Å². The Kier molecular flexibility index (Phi) is 15.9. The molecule has 0 saturated carbocycles. The number of carbonyl (C=O) groups excluding carboxylic acids is 7. The van der Waals surface area contributed by atoms with E-state index in [9.17, 15) is 43.7 Å². The number of unbranched alkanes of at least 4 members (excludes halogenated alkanes) is 2. The topological polar surface area (TPSA) is 258 Å². The number of nitrogens with one attached hydrogen (secondary N) is 4. The molecule has 3 rings (SSSR count). The highest BCUT2D eigenvalue weighted by molar-refractivity contribution is 6.12. The number of amides is 7. The molecule has 2 aromatic carbocycles. The Morgan fingerprint density at radius 1 is 0.849 bits per heavy atom. The van der Waals surface area contributed by atoms with Crippen molar-refractivity contribution in [2.24, 2.45) is 11.7 Å². The van der Waals surface area contributed by atoms with Gasteiger partial charge in [0.15, 0.2) is 0 Å². The van der Waals surface area contributed by atoms with Crippen molar-refractivity contribution in [3.63, 3.8) is 0 Å². The molecule has 18 heteroatoms. The van der Waals surface area contributed by atoms with Crippen molar-refractivity contribution in [2.75, 3.05) is 13.1 Å². The third kappa shape index (κ3) is 13.7. The van der Waals surface area contributed by atoms with E-state index in [-0.39, 0.29) is 55.6 Å². The van der Waals surface area contributed by atoms with Crippen LogP contribution in [0.1, 0.15) is 64.2 Å². The van der Waals surface area contributed by atoms with Crippen molar-refractivity contribution in [1.82, 2.24) is 26.2 Å². The molecule has 0 fully saturated rings. The van der Waals surface area contributed by atoms with E-state index in [1.165, 1.54) is 24.3 Å². The molecule has 1 aliphatic heterocycles. The predicted molar refractivity (Wildman–Crippen MR) is 187 cm³/mol. The molecule has 1 aliphatic rings. The number of imide groups is 1. The second kappa shape index (κ2) is 20.5. The van der Waals surface area contributed by atoms with Crippen LogP contribution in [-0.4, -0.2) is 76.7 Å². The van der Waals surface area contributed by atoms with Crippen LogP contribution in [0.4, 0.5) is 15.3 Å². The van der Waals surface area contributed by atoms with Crippen molar-refractivity contribution >= 4 is 47.4 Å². The maximum absolute atomic E-state index is 13.7. The minimum atomic E-state index is -1.41. The van der Waals surface area contributed by atoms with Crippen LogP contribution in [0.5, 0.6) is 5.75 Å². The molecule has 0 aliphatic carbocycles. The van der Waals surface area contributed by atoms with Gasteiger partial charge in [0, 0.05) is 49.4 Å². The summed E-state index contributed by atoms with van der Waals surface area (Å²) in [4.78, 5) is 98.9. The zero-order valence-corrected chi connectivity index (χ0v) is 29.3. The number of hydrogen-bond acceptors (Lipinski definition) is 11. The fourth-order valence-corrected chi connectivity index (χ4v) is 5.10. The van der Waals surface area contributed by atoms with Gasteiger partial charge in [-0.15, -0.1) is 0 Å². The van der Waals surface area contributed by atoms with Crippen LogP contribution in [0.25, 0.3) is 0 Å². The van der Waals surface area contributed by atoms with Gasteiger partial charge in [0.05, 0.1) is 4.92 Å². The average Bonchev–Trinajstić information content (AvgIpc) is 3.44. The van der Waals surface area contributed by atoms with E-state index in [2.05, 4.69) is 21.3 Å². The van der Waals surface area contributed by atoms with Gasteiger partial charge in [-0.2, -0.15) is 0 Å². The lowest BCUT2D eigenvalue weighted by Gasteiger charge is -2.27. The van der Waals surface area contributed by atoms with Crippen LogP contribution in [0.3, 0.4) is 0 Å². The van der Waals surface area contributed by atoms with E-state index in [1.54, 1.807) is 44.2 Å². The first-order valence-corrected chi connectivity index (χ1v) is 16.9. The van der Waals surface area contributed by atoms with E-state index in [1.807, 2.05) is 0 Å². The summed E-state index contributed by atoms with van der Waals surface area (Å²) in [6, 6.07) is 9.73. The molecular weight excluding hydrogens is 694 g/mol. The molecule has 0 bridgehead atoms. The minimum absolute atomic E-state index is 0.00289. The van der Waals surface area contributed by atoms with Gasteiger partial charge < -0.3 is 36.5 Å². The van der Waals surface area contributed by atoms with E-state index < -0.39 is 59.1 Å². The monoisotopic (exact) mass is 737 g/mol. The van der Waals surface area contributed by atoms with Crippen molar-refractivity contribution in [3.8, 4) is 5.75 Å². The molecule has 1 unspecified atom stereocenters. The number of hydrogen-bond donors (Lipinski definition) is 5. The molecule has 18 nitrogen and oxygen atoms in total. The number of benzene rings is 2. The maximum atomic E-state index is 13.7. The Bertz CT molecular complexity index is 1650. The minimum Gasteiger partial charge on any atom is -0.406 e. The lowest BCUT2D eigenvalue weighted by Crippen LogP contribution is -2.55. The first-order chi connectivity index (χ1) is 25.2. The van der Waals surface area contributed by atoms with Crippen LogP contribution in [0.15, 0.2) is 66.7 Å². The highest BCUT2D eigenvalue weighted by Crippen LogP contribution is 2.21. The molecular formula is C35H43N7O11. The van der Waals surface area contributed by atoms with Crippen LogP contribution in [0.2, 0.25) is 0 Å². The Morgan fingerprint density at radius 2 is 1.51 bits per heavy atom. The molecule has 53 heavy (non-hydrogen) atoms. The zero-order valence-electron chi connectivity index (χ0n) is 29.3. The van der Waals surface area contributed by atoms with E-state index in [4.69, 9.17) is 15.2 Å². The van der Waals surface area contributed by atoms with Crippen molar-refractivity contribution in [3.05, 3.63) is 82.4 Å². The van der Waals surface area contributed by atoms with Gasteiger partial charge in [-0.05, 0) is 43.7 Å². The second-order valence-electron chi connectivity index (χ2n) is 12.3. The number of ether oxygens (including phenoxy) is 2. The third-order valence-electron chi connectivity index (χ3n) is 7.89. The smallest absolute Gasteiger partial charge is 0.406 e. The van der Waals surface area contributed by atoms with Gasteiger partial charge in [0.25, 0.3) is 17.5 Å². The fourth-order valence-electron chi connectivity index (χ4n) is 5.10. The maximum Gasteiger partial charge on any atom is 0.516 e. The van der Waals surface area contributed by atoms with Gasteiger partial charge >= 0.3 is 12.2 Å². The highest BCUT2D eigenvalue weighted by Gasteiger charge is 2.31. The first kappa shape index (κ1) is 41.1. The number of rotatable bonds is 20. The average molecular weight is 738 g/mol. The van der Waals surface area contributed by atoms with E-state index >= 15 is 0 Å². The van der Waals surface area contributed by atoms with E-state index in [0.717, 1.165) is 17.0 Å². The number of urea groups is 1. The summed E-state index contributed by atoms with van der Waals surface area (Å²) in [7, 11) is 0. The lowest BCUT2D eigenvalue weighted by molar-refractivity contribution is -0.384. The zero-order chi connectivity index (χ0) is 38.9. The summed E-state index contributed by atoms with van der Waals surface area (Å²) < 4.78 is 10.6. The molecule has 284 valence electrons.